The van der Waals surface area contributed by atoms with Crippen LogP contribution in [0.3, 0.4) is 0 Å². The Morgan fingerprint density at radius 2 is 2.21 bits per heavy atom. The van der Waals surface area contributed by atoms with Crippen LogP contribution in [0, 0.1) is 6.92 Å². The van der Waals surface area contributed by atoms with Crippen molar-refractivity contribution >= 4 is 11.6 Å². The average Bonchev–Trinajstić information content (AvgIpc) is 2.39. The Kier molecular flexibility index (Phi) is 4.43. The summed E-state index contributed by atoms with van der Waals surface area (Å²) in [6.07, 6.45) is 3.16. The van der Waals surface area contributed by atoms with E-state index in [0.717, 1.165) is 36.3 Å². The van der Waals surface area contributed by atoms with Gasteiger partial charge in [0.25, 0.3) is 0 Å². The SMILES string of the molecule is COc1ccc(NC(=O)C2CCCC(C)N2)cc1C. The third-order valence-electron chi connectivity index (χ3n) is 3.59. The zero-order chi connectivity index (χ0) is 13.8. The van der Waals surface area contributed by atoms with E-state index < -0.39 is 0 Å². The second-order valence-corrected chi connectivity index (χ2v) is 5.22. The maximum Gasteiger partial charge on any atom is 0.241 e. The molecule has 1 saturated heterocycles. The molecule has 0 aromatic heterocycles. The first-order valence-electron chi connectivity index (χ1n) is 6.81. The molecule has 1 aromatic carbocycles. The fourth-order valence-corrected chi connectivity index (χ4v) is 2.53. The van der Waals surface area contributed by atoms with Crippen LogP contribution in [-0.2, 0) is 4.79 Å². The van der Waals surface area contributed by atoms with Crippen LogP contribution in [0.2, 0.25) is 0 Å². The summed E-state index contributed by atoms with van der Waals surface area (Å²) >= 11 is 0. The van der Waals surface area contributed by atoms with Crippen LogP contribution in [-0.4, -0.2) is 25.1 Å². The minimum absolute atomic E-state index is 0.0520. The molecule has 2 unspecified atom stereocenters. The van der Waals surface area contributed by atoms with Gasteiger partial charge in [-0.2, -0.15) is 0 Å². The molecule has 1 aliphatic rings. The van der Waals surface area contributed by atoms with Gasteiger partial charge in [0.2, 0.25) is 5.91 Å². The molecule has 2 rings (SSSR count). The quantitative estimate of drug-likeness (QED) is 0.880. The highest BCUT2D eigenvalue weighted by Gasteiger charge is 2.24. The zero-order valence-electron chi connectivity index (χ0n) is 11.8. The number of ether oxygens (including phenoxy) is 1. The highest BCUT2D eigenvalue weighted by atomic mass is 16.5. The lowest BCUT2D eigenvalue weighted by Crippen LogP contribution is -2.47. The Labute approximate surface area is 114 Å². The van der Waals surface area contributed by atoms with E-state index in [-0.39, 0.29) is 11.9 Å². The van der Waals surface area contributed by atoms with Gasteiger partial charge >= 0.3 is 0 Å². The number of aryl methyl sites for hydroxylation is 1. The summed E-state index contributed by atoms with van der Waals surface area (Å²) < 4.78 is 5.21. The van der Waals surface area contributed by atoms with Gasteiger partial charge in [-0.15, -0.1) is 0 Å². The van der Waals surface area contributed by atoms with Gasteiger partial charge in [0.15, 0.2) is 0 Å². The fourth-order valence-electron chi connectivity index (χ4n) is 2.53. The third-order valence-corrected chi connectivity index (χ3v) is 3.59. The minimum Gasteiger partial charge on any atom is -0.496 e. The Bertz CT molecular complexity index is 459. The summed E-state index contributed by atoms with van der Waals surface area (Å²) in [7, 11) is 1.65. The van der Waals surface area contributed by atoms with Crippen LogP contribution >= 0.6 is 0 Å². The lowest BCUT2D eigenvalue weighted by molar-refractivity contribution is -0.118. The molecular formula is C15H22N2O2. The van der Waals surface area contributed by atoms with Crippen molar-refractivity contribution in [2.24, 2.45) is 0 Å². The number of benzene rings is 1. The number of anilines is 1. The molecule has 4 heteroatoms. The number of hydrogen-bond donors (Lipinski definition) is 2. The predicted molar refractivity (Wildman–Crippen MR) is 76.6 cm³/mol. The van der Waals surface area contributed by atoms with Crippen molar-refractivity contribution in [1.29, 1.82) is 0 Å². The van der Waals surface area contributed by atoms with Crippen molar-refractivity contribution < 1.29 is 9.53 Å². The molecule has 1 fully saturated rings. The predicted octanol–water partition coefficient (Wildman–Crippen LogP) is 2.47. The number of carbonyl (C=O) groups excluding carboxylic acids is 1. The molecular weight excluding hydrogens is 240 g/mol. The average molecular weight is 262 g/mol. The first kappa shape index (κ1) is 13.9. The Morgan fingerprint density at radius 1 is 1.42 bits per heavy atom. The molecule has 4 nitrogen and oxygen atoms in total. The Balaban J connectivity index is 2.00. The van der Waals surface area contributed by atoms with Gasteiger partial charge in [0, 0.05) is 11.7 Å². The van der Waals surface area contributed by atoms with Crippen molar-refractivity contribution in [3.8, 4) is 5.75 Å². The van der Waals surface area contributed by atoms with Crippen LogP contribution < -0.4 is 15.4 Å². The maximum absolute atomic E-state index is 12.2. The molecule has 1 aliphatic heterocycles. The normalized spacial score (nSPS) is 22.9. The monoisotopic (exact) mass is 262 g/mol. The summed E-state index contributed by atoms with van der Waals surface area (Å²) in [5.41, 5.74) is 1.84. The lowest BCUT2D eigenvalue weighted by Gasteiger charge is -2.27. The number of methoxy groups -OCH3 is 1. The largest absolute Gasteiger partial charge is 0.496 e. The summed E-state index contributed by atoms with van der Waals surface area (Å²) in [6.45, 7) is 4.09. The van der Waals surface area contributed by atoms with Crippen LogP contribution in [0.15, 0.2) is 18.2 Å². The van der Waals surface area contributed by atoms with Crippen molar-refractivity contribution in [3.63, 3.8) is 0 Å². The van der Waals surface area contributed by atoms with E-state index in [1.807, 2.05) is 25.1 Å². The summed E-state index contributed by atoms with van der Waals surface area (Å²) in [5, 5.41) is 6.30. The molecule has 0 bridgehead atoms. The summed E-state index contributed by atoms with van der Waals surface area (Å²) in [5.74, 6) is 0.888. The van der Waals surface area contributed by atoms with Gasteiger partial charge in [0.1, 0.15) is 5.75 Å². The Morgan fingerprint density at radius 3 is 2.84 bits per heavy atom. The van der Waals surface area contributed by atoms with Gasteiger partial charge in [-0.3, -0.25) is 4.79 Å². The number of rotatable bonds is 3. The molecule has 19 heavy (non-hydrogen) atoms. The second kappa shape index (κ2) is 6.06. The highest BCUT2D eigenvalue weighted by Crippen LogP contribution is 2.22. The molecule has 0 spiro atoms. The molecule has 1 heterocycles. The summed E-state index contributed by atoms with van der Waals surface area (Å²) in [6, 6.07) is 6.02. The first-order chi connectivity index (χ1) is 9.10. The standard InChI is InChI=1S/C15H22N2O2/c1-10-9-12(7-8-14(10)19-3)17-15(18)13-6-4-5-11(2)16-13/h7-9,11,13,16H,4-6H2,1-3H3,(H,17,18). The van der Waals surface area contributed by atoms with Gasteiger partial charge in [-0.05, 0) is 56.9 Å². The molecule has 104 valence electrons. The van der Waals surface area contributed by atoms with Crippen molar-refractivity contribution in [2.45, 2.75) is 45.2 Å². The summed E-state index contributed by atoms with van der Waals surface area (Å²) in [4.78, 5) is 12.2. The smallest absolute Gasteiger partial charge is 0.241 e. The lowest BCUT2D eigenvalue weighted by atomic mass is 9.99. The molecule has 2 N–H and O–H groups in total. The van der Waals surface area contributed by atoms with E-state index in [1.165, 1.54) is 0 Å². The van der Waals surface area contributed by atoms with Crippen LogP contribution in [0.25, 0.3) is 0 Å². The fraction of sp³-hybridized carbons (Fsp3) is 0.533. The zero-order valence-corrected chi connectivity index (χ0v) is 11.8. The first-order valence-corrected chi connectivity index (χ1v) is 6.81. The van der Waals surface area contributed by atoms with Crippen LogP contribution in [0.4, 0.5) is 5.69 Å². The topological polar surface area (TPSA) is 50.4 Å². The van der Waals surface area contributed by atoms with Crippen LogP contribution in [0.1, 0.15) is 31.7 Å². The van der Waals surface area contributed by atoms with E-state index in [2.05, 4.69) is 17.6 Å². The minimum atomic E-state index is -0.0776. The van der Waals surface area contributed by atoms with Crippen molar-refractivity contribution in [2.75, 3.05) is 12.4 Å². The molecule has 1 amide bonds. The number of carbonyl (C=O) groups is 1. The number of amides is 1. The van der Waals surface area contributed by atoms with Gasteiger partial charge < -0.3 is 15.4 Å². The van der Waals surface area contributed by atoms with Crippen molar-refractivity contribution in [3.05, 3.63) is 23.8 Å². The van der Waals surface area contributed by atoms with Crippen LogP contribution in [0.5, 0.6) is 5.75 Å². The molecule has 0 aliphatic carbocycles. The van der Waals surface area contributed by atoms with E-state index in [9.17, 15) is 4.79 Å². The molecule has 1 aromatic rings. The highest BCUT2D eigenvalue weighted by molar-refractivity contribution is 5.95. The molecule has 0 radical (unpaired) electrons. The number of hydrogen-bond acceptors (Lipinski definition) is 3. The van der Waals surface area contributed by atoms with E-state index >= 15 is 0 Å². The maximum atomic E-state index is 12.2. The number of nitrogens with one attached hydrogen (secondary N) is 2. The van der Waals surface area contributed by atoms with E-state index in [0.29, 0.717) is 6.04 Å². The second-order valence-electron chi connectivity index (χ2n) is 5.22. The van der Waals surface area contributed by atoms with E-state index in [1.54, 1.807) is 7.11 Å². The molecule has 0 saturated carbocycles. The van der Waals surface area contributed by atoms with E-state index in [4.69, 9.17) is 4.74 Å². The van der Waals surface area contributed by atoms with Crippen molar-refractivity contribution in [1.82, 2.24) is 5.32 Å². The number of piperidine rings is 1. The Hall–Kier alpha value is -1.55. The van der Waals surface area contributed by atoms with Gasteiger partial charge in [-0.25, -0.2) is 0 Å². The molecule has 2 atom stereocenters. The van der Waals surface area contributed by atoms with Gasteiger partial charge in [-0.1, -0.05) is 0 Å². The third kappa shape index (κ3) is 3.47. The van der Waals surface area contributed by atoms with Gasteiger partial charge in [0.05, 0.1) is 13.2 Å².